The van der Waals surface area contributed by atoms with Crippen molar-refractivity contribution >= 4 is 33.4 Å². The van der Waals surface area contributed by atoms with E-state index in [1.807, 2.05) is 11.8 Å². The highest BCUT2D eigenvalue weighted by atomic mass is 79.9. The fourth-order valence-electron chi connectivity index (χ4n) is 2.77. The smallest absolute Gasteiger partial charge is 0.0479 e. The van der Waals surface area contributed by atoms with Gasteiger partial charge in [-0.15, -0.1) is 11.8 Å². The summed E-state index contributed by atoms with van der Waals surface area (Å²) in [5, 5.41) is 3.64. The number of hydrogen-bond donors (Lipinski definition) is 1. The van der Waals surface area contributed by atoms with E-state index < -0.39 is 0 Å². The third-order valence-corrected chi connectivity index (χ3v) is 5.69. The normalized spacial score (nSPS) is 22.6. The maximum absolute atomic E-state index is 3.64. The molecule has 1 spiro atoms. The van der Waals surface area contributed by atoms with Gasteiger partial charge in [0, 0.05) is 27.4 Å². The topological polar surface area (TPSA) is 12.0 Å². The monoisotopic (exact) mass is 297 g/mol. The molecule has 1 heterocycles. The van der Waals surface area contributed by atoms with Gasteiger partial charge in [-0.25, -0.2) is 0 Å². The number of anilines is 1. The van der Waals surface area contributed by atoms with E-state index in [2.05, 4.69) is 39.4 Å². The van der Waals surface area contributed by atoms with E-state index in [1.165, 1.54) is 46.5 Å². The zero-order valence-corrected chi connectivity index (χ0v) is 11.7. The lowest BCUT2D eigenvalue weighted by molar-refractivity contribution is 0.373. The van der Waals surface area contributed by atoms with Crippen molar-refractivity contribution in [1.82, 2.24) is 0 Å². The molecule has 1 saturated carbocycles. The lowest BCUT2D eigenvalue weighted by atomic mass is 9.88. The molecule has 2 aliphatic rings. The minimum Gasteiger partial charge on any atom is -0.384 e. The fraction of sp³-hybridized carbons (Fsp3) is 0.538. The number of halogens is 1. The highest BCUT2D eigenvalue weighted by Gasteiger charge is 2.35. The Morgan fingerprint density at radius 1 is 1.25 bits per heavy atom. The second kappa shape index (κ2) is 4.26. The number of benzene rings is 1. The van der Waals surface area contributed by atoms with Gasteiger partial charge >= 0.3 is 0 Å². The standard InChI is InChI=1S/C13H16BrNS/c14-10-3-4-11-12(7-10)16-9-13(8-15-11)5-1-2-6-13/h3-4,7,15H,1-2,5-6,8-9H2. The van der Waals surface area contributed by atoms with E-state index in [0.717, 1.165) is 6.54 Å². The van der Waals surface area contributed by atoms with E-state index >= 15 is 0 Å². The third kappa shape index (κ3) is 2.00. The Hall–Kier alpha value is -0.150. The van der Waals surface area contributed by atoms with Crippen LogP contribution in [0.15, 0.2) is 27.6 Å². The van der Waals surface area contributed by atoms with Crippen molar-refractivity contribution in [2.75, 3.05) is 17.6 Å². The molecule has 0 amide bonds. The molecule has 0 unspecified atom stereocenters. The van der Waals surface area contributed by atoms with Crippen LogP contribution < -0.4 is 5.32 Å². The Bertz CT molecular complexity index is 399. The van der Waals surface area contributed by atoms with Gasteiger partial charge in [0.25, 0.3) is 0 Å². The van der Waals surface area contributed by atoms with E-state index in [9.17, 15) is 0 Å². The van der Waals surface area contributed by atoms with Crippen molar-refractivity contribution in [3.63, 3.8) is 0 Å². The lowest BCUT2D eigenvalue weighted by Gasteiger charge is -2.26. The van der Waals surface area contributed by atoms with Crippen molar-refractivity contribution in [1.29, 1.82) is 0 Å². The average molecular weight is 298 g/mol. The van der Waals surface area contributed by atoms with E-state index in [-0.39, 0.29) is 0 Å². The summed E-state index contributed by atoms with van der Waals surface area (Å²) in [6.07, 6.45) is 5.65. The molecule has 1 aliphatic carbocycles. The highest BCUT2D eigenvalue weighted by molar-refractivity contribution is 9.10. The van der Waals surface area contributed by atoms with Gasteiger partial charge < -0.3 is 5.32 Å². The van der Waals surface area contributed by atoms with Crippen LogP contribution in [0.4, 0.5) is 5.69 Å². The van der Waals surface area contributed by atoms with Gasteiger partial charge in [0.05, 0.1) is 0 Å². The summed E-state index contributed by atoms with van der Waals surface area (Å²) in [6.45, 7) is 1.16. The molecule has 0 aromatic heterocycles. The van der Waals surface area contributed by atoms with Gasteiger partial charge in [0.15, 0.2) is 0 Å². The van der Waals surface area contributed by atoms with Crippen molar-refractivity contribution < 1.29 is 0 Å². The Balaban J connectivity index is 1.86. The zero-order valence-electron chi connectivity index (χ0n) is 9.26. The number of thioether (sulfide) groups is 1. The second-order valence-corrected chi connectivity index (χ2v) is 6.92. The predicted octanol–water partition coefficient (Wildman–Crippen LogP) is 4.53. The minimum atomic E-state index is 0.566. The Morgan fingerprint density at radius 3 is 2.88 bits per heavy atom. The molecule has 0 radical (unpaired) electrons. The number of fused-ring (bicyclic) bond motifs is 1. The largest absolute Gasteiger partial charge is 0.384 e. The Kier molecular flexibility index (Phi) is 2.92. The highest BCUT2D eigenvalue weighted by Crippen LogP contribution is 2.46. The molecule has 0 bridgehead atoms. The molecular weight excluding hydrogens is 282 g/mol. The van der Waals surface area contributed by atoms with Crippen LogP contribution >= 0.6 is 27.7 Å². The maximum Gasteiger partial charge on any atom is 0.0479 e. The third-order valence-electron chi connectivity index (χ3n) is 3.80. The fourth-order valence-corrected chi connectivity index (χ4v) is 4.64. The predicted molar refractivity (Wildman–Crippen MR) is 74.3 cm³/mol. The molecule has 1 aromatic carbocycles. The van der Waals surface area contributed by atoms with Gasteiger partial charge in [-0.3, -0.25) is 0 Å². The molecule has 1 nitrogen and oxygen atoms in total. The first kappa shape index (κ1) is 11.0. The van der Waals surface area contributed by atoms with Gasteiger partial charge in [-0.2, -0.15) is 0 Å². The molecule has 3 rings (SSSR count). The van der Waals surface area contributed by atoms with Gasteiger partial charge in [0.2, 0.25) is 0 Å². The van der Waals surface area contributed by atoms with Gasteiger partial charge in [-0.05, 0) is 36.5 Å². The first-order valence-electron chi connectivity index (χ1n) is 5.94. The summed E-state index contributed by atoms with van der Waals surface area (Å²) >= 11 is 5.58. The van der Waals surface area contributed by atoms with Crippen LogP contribution in [0.3, 0.4) is 0 Å². The van der Waals surface area contributed by atoms with Gasteiger partial charge in [0.1, 0.15) is 0 Å². The average Bonchev–Trinajstić information content (AvgIpc) is 2.66. The molecule has 1 N–H and O–H groups in total. The molecule has 1 fully saturated rings. The summed E-state index contributed by atoms with van der Waals surface area (Å²) < 4.78 is 1.18. The van der Waals surface area contributed by atoms with Crippen molar-refractivity contribution in [3.8, 4) is 0 Å². The van der Waals surface area contributed by atoms with Crippen LogP contribution in [0.1, 0.15) is 25.7 Å². The molecule has 1 aliphatic heterocycles. The zero-order chi connectivity index (χ0) is 11.0. The van der Waals surface area contributed by atoms with E-state index in [0.29, 0.717) is 5.41 Å². The number of nitrogens with one attached hydrogen (secondary N) is 1. The van der Waals surface area contributed by atoms with Gasteiger partial charge in [-0.1, -0.05) is 28.8 Å². The van der Waals surface area contributed by atoms with Crippen molar-refractivity contribution in [2.24, 2.45) is 5.41 Å². The van der Waals surface area contributed by atoms with Crippen LogP contribution in [0.5, 0.6) is 0 Å². The van der Waals surface area contributed by atoms with Crippen LogP contribution in [0.2, 0.25) is 0 Å². The van der Waals surface area contributed by atoms with Crippen LogP contribution in [0, 0.1) is 5.41 Å². The SMILES string of the molecule is Brc1ccc2c(c1)SCC1(CCCC1)CN2. The molecule has 16 heavy (non-hydrogen) atoms. The molecule has 1 aromatic rings. The molecule has 86 valence electrons. The summed E-state index contributed by atoms with van der Waals surface area (Å²) in [5.41, 5.74) is 1.88. The summed E-state index contributed by atoms with van der Waals surface area (Å²) in [6, 6.07) is 6.56. The first-order chi connectivity index (χ1) is 7.77. The quantitative estimate of drug-likeness (QED) is 0.755. The van der Waals surface area contributed by atoms with Crippen molar-refractivity contribution in [3.05, 3.63) is 22.7 Å². The molecule has 3 heteroatoms. The number of hydrogen-bond acceptors (Lipinski definition) is 2. The minimum absolute atomic E-state index is 0.566. The summed E-state index contributed by atoms with van der Waals surface area (Å²) in [4.78, 5) is 1.40. The van der Waals surface area contributed by atoms with Crippen LogP contribution in [-0.2, 0) is 0 Å². The second-order valence-electron chi connectivity index (χ2n) is 4.99. The van der Waals surface area contributed by atoms with E-state index in [4.69, 9.17) is 0 Å². The Morgan fingerprint density at radius 2 is 2.06 bits per heavy atom. The maximum atomic E-state index is 3.64. The van der Waals surface area contributed by atoms with Crippen LogP contribution in [-0.4, -0.2) is 12.3 Å². The Labute approximate surface area is 110 Å². The lowest BCUT2D eigenvalue weighted by Crippen LogP contribution is -2.27. The number of rotatable bonds is 0. The van der Waals surface area contributed by atoms with Crippen LogP contribution in [0.25, 0.3) is 0 Å². The van der Waals surface area contributed by atoms with Crippen molar-refractivity contribution in [2.45, 2.75) is 30.6 Å². The molecular formula is C13H16BrNS. The summed E-state index contributed by atoms with van der Waals surface area (Å²) in [7, 11) is 0. The first-order valence-corrected chi connectivity index (χ1v) is 7.72. The molecule has 0 saturated heterocycles. The summed E-state index contributed by atoms with van der Waals surface area (Å²) in [5.74, 6) is 1.28. The van der Waals surface area contributed by atoms with E-state index in [1.54, 1.807) is 0 Å². The molecule has 0 atom stereocenters.